The van der Waals surface area contributed by atoms with Crippen LogP contribution in [0, 0.1) is 5.92 Å². The first-order valence-corrected chi connectivity index (χ1v) is 9.00. The van der Waals surface area contributed by atoms with Crippen LogP contribution in [-0.2, 0) is 9.05 Å². The van der Waals surface area contributed by atoms with Crippen LogP contribution >= 0.6 is 22.3 Å². The predicted molar refractivity (Wildman–Crippen MR) is 78.8 cm³/mol. The SMILES string of the molecule is CC(CC1CC1)NC(=O)c1cc(Cl)cc(S(=O)(=O)Cl)c1. The largest absolute Gasteiger partial charge is 0.350 e. The normalized spacial score (nSPS) is 16.8. The van der Waals surface area contributed by atoms with E-state index in [-0.39, 0.29) is 27.4 Å². The Balaban J connectivity index is 2.14. The van der Waals surface area contributed by atoms with Gasteiger partial charge in [-0.3, -0.25) is 4.79 Å². The molecule has 110 valence electrons. The molecular formula is C13H15Cl2NO3S. The van der Waals surface area contributed by atoms with Crippen molar-refractivity contribution in [1.29, 1.82) is 0 Å². The summed E-state index contributed by atoms with van der Waals surface area (Å²) in [6.07, 6.45) is 3.37. The Bertz CT molecular complexity index is 627. The highest BCUT2D eigenvalue weighted by Crippen LogP contribution is 2.33. The summed E-state index contributed by atoms with van der Waals surface area (Å²) < 4.78 is 22.6. The van der Waals surface area contributed by atoms with Crippen LogP contribution in [-0.4, -0.2) is 20.4 Å². The fourth-order valence-corrected chi connectivity index (χ4v) is 3.16. The van der Waals surface area contributed by atoms with E-state index in [1.165, 1.54) is 31.0 Å². The Labute approximate surface area is 127 Å². The molecule has 4 nitrogen and oxygen atoms in total. The maximum atomic E-state index is 12.1. The Morgan fingerprint density at radius 2 is 2.05 bits per heavy atom. The second-order valence-electron chi connectivity index (χ2n) is 5.17. The molecule has 0 radical (unpaired) electrons. The van der Waals surface area contributed by atoms with E-state index >= 15 is 0 Å². The maximum absolute atomic E-state index is 12.1. The molecule has 1 amide bonds. The number of nitrogens with one attached hydrogen (secondary N) is 1. The number of hydrogen-bond acceptors (Lipinski definition) is 3. The van der Waals surface area contributed by atoms with E-state index in [1.807, 2.05) is 6.92 Å². The van der Waals surface area contributed by atoms with Crippen LogP contribution in [0.4, 0.5) is 0 Å². The van der Waals surface area contributed by atoms with E-state index in [0.29, 0.717) is 5.92 Å². The average molecular weight is 336 g/mol. The van der Waals surface area contributed by atoms with Crippen LogP contribution in [0.15, 0.2) is 23.1 Å². The van der Waals surface area contributed by atoms with E-state index in [9.17, 15) is 13.2 Å². The highest BCUT2D eigenvalue weighted by Gasteiger charge is 2.24. The summed E-state index contributed by atoms with van der Waals surface area (Å²) in [6.45, 7) is 1.93. The molecule has 0 aromatic heterocycles. The fraction of sp³-hybridized carbons (Fsp3) is 0.462. The van der Waals surface area contributed by atoms with Crippen molar-refractivity contribution in [2.45, 2.75) is 37.1 Å². The smallest absolute Gasteiger partial charge is 0.261 e. The lowest BCUT2D eigenvalue weighted by atomic mass is 10.1. The summed E-state index contributed by atoms with van der Waals surface area (Å²) in [7, 11) is 1.36. The molecule has 0 aliphatic heterocycles. The lowest BCUT2D eigenvalue weighted by Crippen LogP contribution is -2.32. The molecule has 1 fully saturated rings. The minimum absolute atomic E-state index is 0.0463. The molecular weight excluding hydrogens is 321 g/mol. The Hall–Kier alpha value is -0.780. The maximum Gasteiger partial charge on any atom is 0.261 e. The van der Waals surface area contributed by atoms with Gasteiger partial charge in [-0.1, -0.05) is 24.4 Å². The molecule has 0 spiro atoms. The van der Waals surface area contributed by atoms with Crippen LogP contribution in [0.5, 0.6) is 0 Å². The van der Waals surface area contributed by atoms with Crippen LogP contribution < -0.4 is 5.32 Å². The molecule has 1 N–H and O–H groups in total. The van der Waals surface area contributed by atoms with Gasteiger partial charge in [0.1, 0.15) is 0 Å². The molecule has 1 aliphatic carbocycles. The van der Waals surface area contributed by atoms with E-state index in [0.717, 1.165) is 6.42 Å². The minimum atomic E-state index is -3.91. The van der Waals surface area contributed by atoms with Gasteiger partial charge in [-0.25, -0.2) is 8.42 Å². The summed E-state index contributed by atoms with van der Waals surface area (Å²) in [5, 5.41) is 3.00. The number of carbonyl (C=O) groups is 1. The molecule has 0 saturated heterocycles. The monoisotopic (exact) mass is 335 g/mol. The zero-order valence-corrected chi connectivity index (χ0v) is 13.2. The van der Waals surface area contributed by atoms with Crippen molar-refractivity contribution < 1.29 is 13.2 Å². The highest BCUT2D eigenvalue weighted by atomic mass is 35.7. The van der Waals surface area contributed by atoms with Crippen molar-refractivity contribution in [3.8, 4) is 0 Å². The molecule has 0 bridgehead atoms. The second-order valence-corrected chi connectivity index (χ2v) is 8.17. The van der Waals surface area contributed by atoms with E-state index in [1.54, 1.807) is 0 Å². The van der Waals surface area contributed by atoms with Crippen LogP contribution in [0.3, 0.4) is 0 Å². The predicted octanol–water partition coefficient (Wildman–Crippen LogP) is 3.19. The number of halogens is 2. The first-order chi connectivity index (χ1) is 9.25. The second kappa shape index (κ2) is 5.92. The molecule has 7 heteroatoms. The quantitative estimate of drug-likeness (QED) is 0.840. The fourth-order valence-electron chi connectivity index (χ4n) is 2.05. The van der Waals surface area contributed by atoms with E-state index in [4.69, 9.17) is 22.3 Å². The molecule has 1 aromatic rings. The average Bonchev–Trinajstić information content (AvgIpc) is 3.10. The first kappa shape index (κ1) is 15.6. The van der Waals surface area contributed by atoms with Gasteiger partial charge in [0.2, 0.25) is 0 Å². The van der Waals surface area contributed by atoms with Gasteiger partial charge in [0.05, 0.1) is 4.90 Å². The molecule has 1 aliphatic rings. The number of carbonyl (C=O) groups excluding carboxylic acids is 1. The molecule has 20 heavy (non-hydrogen) atoms. The van der Waals surface area contributed by atoms with Gasteiger partial charge in [0.25, 0.3) is 15.0 Å². The van der Waals surface area contributed by atoms with Crippen molar-refractivity contribution in [2.75, 3.05) is 0 Å². The number of benzene rings is 1. The van der Waals surface area contributed by atoms with Crippen molar-refractivity contribution in [3.05, 3.63) is 28.8 Å². The van der Waals surface area contributed by atoms with Gasteiger partial charge in [-0.05, 0) is 37.5 Å². The minimum Gasteiger partial charge on any atom is -0.350 e. The Morgan fingerprint density at radius 1 is 1.40 bits per heavy atom. The topological polar surface area (TPSA) is 63.2 Å². The highest BCUT2D eigenvalue weighted by molar-refractivity contribution is 8.13. The van der Waals surface area contributed by atoms with Crippen molar-refractivity contribution >= 4 is 37.2 Å². The molecule has 1 saturated carbocycles. The number of rotatable bonds is 5. The lowest BCUT2D eigenvalue weighted by molar-refractivity contribution is 0.0937. The third-order valence-corrected chi connectivity index (χ3v) is 4.73. The zero-order chi connectivity index (χ0) is 14.9. The Kier molecular flexibility index (Phi) is 4.62. The van der Waals surface area contributed by atoms with Crippen molar-refractivity contribution in [3.63, 3.8) is 0 Å². The van der Waals surface area contributed by atoms with Crippen LogP contribution in [0.1, 0.15) is 36.5 Å². The summed E-state index contributed by atoms with van der Waals surface area (Å²) in [4.78, 5) is 11.9. The van der Waals surface area contributed by atoms with E-state index < -0.39 is 9.05 Å². The summed E-state index contributed by atoms with van der Waals surface area (Å²) in [5.41, 5.74) is 0.194. The molecule has 1 aromatic carbocycles. The van der Waals surface area contributed by atoms with Gasteiger partial charge in [-0.2, -0.15) is 0 Å². The van der Waals surface area contributed by atoms with Crippen LogP contribution in [0.25, 0.3) is 0 Å². The third-order valence-electron chi connectivity index (χ3n) is 3.18. The summed E-state index contributed by atoms with van der Waals surface area (Å²) in [6, 6.07) is 3.92. The number of amides is 1. The standard InChI is InChI=1S/C13H15Cl2NO3S/c1-8(4-9-2-3-9)16-13(17)10-5-11(14)7-12(6-10)20(15,18)19/h5-9H,2-4H2,1H3,(H,16,17). The van der Waals surface area contributed by atoms with Gasteiger partial charge in [0.15, 0.2) is 0 Å². The summed E-state index contributed by atoms with van der Waals surface area (Å²) in [5.74, 6) is 0.352. The zero-order valence-electron chi connectivity index (χ0n) is 10.9. The molecule has 2 rings (SSSR count). The molecule has 0 heterocycles. The third kappa shape index (κ3) is 4.36. The lowest BCUT2D eigenvalue weighted by Gasteiger charge is -2.13. The molecule has 1 atom stereocenters. The van der Waals surface area contributed by atoms with Crippen molar-refractivity contribution in [1.82, 2.24) is 5.32 Å². The van der Waals surface area contributed by atoms with Crippen LogP contribution in [0.2, 0.25) is 5.02 Å². The molecule has 1 unspecified atom stereocenters. The van der Waals surface area contributed by atoms with Gasteiger partial charge in [-0.15, -0.1) is 0 Å². The Morgan fingerprint density at radius 3 is 2.60 bits per heavy atom. The number of hydrogen-bond donors (Lipinski definition) is 1. The summed E-state index contributed by atoms with van der Waals surface area (Å²) >= 11 is 5.83. The van der Waals surface area contributed by atoms with Gasteiger partial charge < -0.3 is 5.32 Å². The van der Waals surface area contributed by atoms with Gasteiger partial charge >= 0.3 is 0 Å². The van der Waals surface area contributed by atoms with E-state index in [2.05, 4.69) is 5.32 Å². The first-order valence-electron chi connectivity index (χ1n) is 6.32. The van der Waals surface area contributed by atoms with Crippen molar-refractivity contribution in [2.24, 2.45) is 5.92 Å². The van der Waals surface area contributed by atoms with Gasteiger partial charge in [0, 0.05) is 27.3 Å².